The molecule has 1 amide bonds. The Balaban J connectivity index is 1.29. The first kappa shape index (κ1) is 27.4. The quantitative estimate of drug-likeness (QED) is 0.362. The molecule has 38 heavy (non-hydrogen) atoms. The fourth-order valence-corrected chi connectivity index (χ4v) is 4.56. The van der Waals surface area contributed by atoms with Crippen molar-refractivity contribution in [1.29, 1.82) is 0 Å². The van der Waals surface area contributed by atoms with Crippen LogP contribution < -0.4 is 14.6 Å². The molecule has 3 atom stereocenters. The highest BCUT2D eigenvalue weighted by molar-refractivity contribution is 5.63. The van der Waals surface area contributed by atoms with Gasteiger partial charge in [0.15, 0.2) is 0 Å². The van der Waals surface area contributed by atoms with Crippen molar-refractivity contribution in [2.45, 2.75) is 37.8 Å². The highest BCUT2D eigenvalue weighted by Crippen LogP contribution is 2.32. The van der Waals surface area contributed by atoms with Gasteiger partial charge >= 0.3 is 0 Å². The lowest BCUT2D eigenvalue weighted by Gasteiger charge is -2.42. The van der Waals surface area contributed by atoms with Crippen LogP contribution >= 0.6 is 0 Å². The molecule has 2 aromatic carbocycles. The molecular formula is C29H33N2O7-. The fraction of sp³-hybridized carbons (Fsp3) is 0.379. The number of benzene rings is 2. The molecule has 4 rings (SSSR count). The number of para-hydroxylation sites is 1. The number of piperidine rings is 1. The monoisotopic (exact) mass is 521 g/mol. The van der Waals surface area contributed by atoms with Crippen LogP contribution in [-0.4, -0.2) is 66.7 Å². The first-order valence-corrected chi connectivity index (χ1v) is 12.6. The standard InChI is InChI=1S/C29H34N2O7/c1-35-26-8-3-2-7-23(26)20-36-14-5-15-37-24-11-9-22(10-12-24)28-25(32)17-31(29(33)34)18-27(28)38-19-21-6-4-13-30-16-21/h2-4,6-13,16,25,27-28,32H,5,14-15,17-20H2,1H3,(H,33,34)/p-1. The van der Waals surface area contributed by atoms with E-state index in [4.69, 9.17) is 18.9 Å². The van der Waals surface area contributed by atoms with Crippen molar-refractivity contribution in [2.24, 2.45) is 0 Å². The summed E-state index contributed by atoms with van der Waals surface area (Å²) in [5, 5.41) is 22.3. The Morgan fingerprint density at radius 1 is 1.05 bits per heavy atom. The van der Waals surface area contributed by atoms with Gasteiger partial charge in [0.05, 0.1) is 45.7 Å². The lowest BCUT2D eigenvalue weighted by Crippen LogP contribution is -2.56. The van der Waals surface area contributed by atoms with Gasteiger partial charge < -0.3 is 38.9 Å². The molecule has 1 fully saturated rings. The molecule has 1 aliphatic heterocycles. The Kier molecular flexibility index (Phi) is 9.91. The zero-order valence-corrected chi connectivity index (χ0v) is 21.4. The smallest absolute Gasteiger partial charge is 0.137 e. The van der Waals surface area contributed by atoms with Gasteiger partial charge in [-0.15, -0.1) is 0 Å². The highest BCUT2D eigenvalue weighted by Gasteiger charge is 2.38. The van der Waals surface area contributed by atoms with E-state index in [2.05, 4.69) is 4.98 Å². The average molecular weight is 522 g/mol. The molecule has 0 aliphatic carbocycles. The van der Waals surface area contributed by atoms with Crippen molar-refractivity contribution < 1.29 is 34.0 Å². The van der Waals surface area contributed by atoms with Crippen molar-refractivity contribution in [3.63, 3.8) is 0 Å². The highest BCUT2D eigenvalue weighted by atomic mass is 16.5. The number of nitrogens with zero attached hydrogens (tertiary/aromatic N) is 2. The summed E-state index contributed by atoms with van der Waals surface area (Å²) >= 11 is 0. The minimum absolute atomic E-state index is 0.0349. The van der Waals surface area contributed by atoms with Crippen molar-refractivity contribution in [3.05, 3.63) is 89.7 Å². The number of aromatic nitrogens is 1. The van der Waals surface area contributed by atoms with Gasteiger partial charge in [-0.05, 0) is 35.4 Å². The second-order valence-corrected chi connectivity index (χ2v) is 9.11. The van der Waals surface area contributed by atoms with E-state index >= 15 is 0 Å². The number of likely N-dealkylation sites (tertiary alicyclic amines) is 1. The maximum absolute atomic E-state index is 11.5. The molecule has 9 heteroatoms. The summed E-state index contributed by atoms with van der Waals surface area (Å²) in [5.74, 6) is 1.11. The summed E-state index contributed by atoms with van der Waals surface area (Å²) in [6, 6.07) is 18.9. The van der Waals surface area contributed by atoms with Gasteiger partial charge in [-0.3, -0.25) is 4.98 Å². The molecule has 0 spiro atoms. The molecule has 202 valence electrons. The Bertz CT molecular complexity index is 1140. The van der Waals surface area contributed by atoms with E-state index in [-0.39, 0.29) is 19.7 Å². The van der Waals surface area contributed by atoms with E-state index < -0.39 is 24.2 Å². The van der Waals surface area contributed by atoms with Gasteiger partial charge in [0.25, 0.3) is 0 Å². The van der Waals surface area contributed by atoms with Crippen molar-refractivity contribution in [3.8, 4) is 11.5 Å². The number of carbonyl (C=O) groups is 1. The van der Waals surface area contributed by atoms with Gasteiger partial charge in [-0.25, -0.2) is 0 Å². The summed E-state index contributed by atoms with van der Waals surface area (Å²) in [7, 11) is 1.64. The SMILES string of the molecule is COc1ccccc1COCCCOc1ccc(C2C(O)CN(C(=O)[O-])CC2OCc2cccnc2)cc1. The minimum Gasteiger partial charge on any atom is -0.530 e. The molecule has 1 aromatic heterocycles. The molecule has 3 unspecified atom stereocenters. The van der Waals surface area contributed by atoms with E-state index in [1.54, 1.807) is 19.5 Å². The summed E-state index contributed by atoms with van der Waals surface area (Å²) in [4.78, 5) is 16.7. The molecule has 1 saturated heterocycles. The van der Waals surface area contributed by atoms with Gasteiger partial charge in [0.2, 0.25) is 0 Å². The number of aliphatic hydroxyl groups excluding tert-OH is 1. The zero-order valence-electron chi connectivity index (χ0n) is 21.4. The fourth-order valence-electron chi connectivity index (χ4n) is 4.56. The predicted molar refractivity (Wildman–Crippen MR) is 138 cm³/mol. The zero-order chi connectivity index (χ0) is 26.7. The normalized spacial score (nSPS) is 19.2. The van der Waals surface area contributed by atoms with Crippen LogP contribution in [0, 0.1) is 0 Å². The molecular weight excluding hydrogens is 488 g/mol. The second-order valence-electron chi connectivity index (χ2n) is 9.11. The van der Waals surface area contributed by atoms with Crippen molar-refractivity contribution in [2.75, 3.05) is 33.4 Å². The first-order valence-electron chi connectivity index (χ1n) is 12.6. The predicted octanol–water partition coefficient (Wildman–Crippen LogP) is 2.76. The number of rotatable bonds is 12. The molecule has 9 nitrogen and oxygen atoms in total. The number of carbonyl (C=O) groups excluding carboxylic acids is 1. The van der Waals surface area contributed by atoms with Crippen molar-refractivity contribution >= 4 is 6.09 Å². The van der Waals surface area contributed by atoms with E-state index in [9.17, 15) is 15.0 Å². The Labute approximate surface area is 222 Å². The maximum Gasteiger partial charge on any atom is 0.137 e. The number of pyridine rings is 1. The van der Waals surface area contributed by atoms with Gasteiger partial charge in [-0.1, -0.05) is 36.4 Å². The molecule has 1 N–H and O–H groups in total. The summed E-state index contributed by atoms with van der Waals surface area (Å²) in [6.45, 7) is 1.85. The number of hydrogen-bond donors (Lipinski definition) is 1. The van der Waals surface area contributed by atoms with Crippen LogP contribution in [0.5, 0.6) is 11.5 Å². The topological polar surface area (TPSA) is 113 Å². The first-order chi connectivity index (χ1) is 18.5. The van der Waals surface area contributed by atoms with Crippen LogP contribution in [0.3, 0.4) is 0 Å². The van der Waals surface area contributed by atoms with E-state index in [0.29, 0.717) is 25.6 Å². The van der Waals surface area contributed by atoms with Gasteiger partial charge in [0, 0.05) is 43.4 Å². The number of methoxy groups -OCH3 is 1. The molecule has 3 aromatic rings. The molecule has 2 heterocycles. The largest absolute Gasteiger partial charge is 0.530 e. The molecule has 0 radical (unpaired) electrons. The Hall–Kier alpha value is -3.66. The Morgan fingerprint density at radius 3 is 2.61 bits per heavy atom. The van der Waals surface area contributed by atoms with Crippen LogP contribution in [0.2, 0.25) is 0 Å². The molecule has 1 aliphatic rings. The maximum atomic E-state index is 11.5. The van der Waals surface area contributed by atoms with Crippen LogP contribution in [0.1, 0.15) is 29.0 Å². The minimum atomic E-state index is -1.33. The number of β-amino-alcohol motifs (C(OH)–C–C–N with tert-alkyl or cyclic N) is 1. The number of carboxylic acid groups (broad SMARTS) is 1. The number of amides is 1. The third-order valence-electron chi connectivity index (χ3n) is 6.48. The average Bonchev–Trinajstić information content (AvgIpc) is 2.94. The lowest BCUT2D eigenvalue weighted by molar-refractivity contribution is -0.270. The second kappa shape index (κ2) is 13.8. The van der Waals surface area contributed by atoms with Crippen LogP contribution in [-0.2, 0) is 22.7 Å². The summed E-state index contributed by atoms with van der Waals surface area (Å²) in [6.07, 6.45) is 1.28. The lowest BCUT2D eigenvalue weighted by atomic mass is 9.84. The van der Waals surface area contributed by atoms with E-state index in [0.717, 1.165) is 33.8 Å². The summed E-state index contributed by atoms with van der Waals surface area (Å²) in [5.41, 5.74) is 2.71. The van der Waals surface area contributed by atoms with Crippen molar-refractivity contribution in [1.82, 2.24) is 9.88 Å². The molecule has 0 bridgehead atoms. The number of hydrogen-bond acceptors (Lipinski definition) is 8. The summed E-state index contributed by atoms with van der Waals surface area (Å²) < 4.78 is 23.0. The number of ether oxygens (including phenoxy) is 4. The van der Waals surface area contributed by atoms with Gasteiger partial charge in [-0.2, -0.15) is 0 Å². The third-order valence-corrected chi connectivity index (χ3v) is 6.48. The Morgan fingerprint density at radius 2 is 1.87 bits per heavy atom. The van der Waals surface area contributed by atoms with Crippen LogP contribution in [0.4, 0.5) is 4.79 Å². The molecule has 0 saturated carbocycles. The van der Waals surface area contributed by atoms with Crippen LogP contribution in [0.25, 0.3) is 0 Å². The van der Waals surface area contributed by atoms with Gasteiger partial charge in [0.1, 0.15) is 17.6 Å². The number of aliphatic hydroxyl groups is 1. The van der Waals surface area contributed by atoms with E-state index in [1.807, 2.05) is 60.7 Å². The third kappa shape index (κ3) is 7.44. The van der Waals surface area contributed by atoms with Crippen LogP contribution in [0.15, 0.2) is 73.1 Å². The van der Waals surface area contributed by atoms with E-state index in [1.165, 1.54) is 0 Å².